The molecule has 0 N–H and O–H groups in total. The van der Waals surface area contributed by atoms with Gasteiger partial charge in [0.05, 0.1) is 5.56 Å². The van der Waals surface area contributed by atoms with Crippen LogP contribution in [0.15, 0.2) is 0 Å². The lowest BCUT2D eigenvalue weighted by atomic mass is 9.97. The average Bonchev–Trinajstić information content (AvgIpc) is 2.09. The van der Waals surface area contributed by atoms with E-state index in [9.17, 15) is 30.7 Å². The summed E-state index contributed by atoms with van der Waals surface area (Å²) >= 11 is 0.504. The number of rotatable bonds is 1. The van der Waals surface area contributed by atoms with E-state index in [0.717, 1.165) is 13.8 Å². The van der Waals surface area contributed by atoms with Crippen LogP contribution in [-0.2, 0) is 10.1 Å². The maximum absolute atomic E-state index is 13.5. The Hall–Kier alpha value is -0.540. The standard InChI is InChI=1S/C10H6F7I/c1-3-4(2)7(11)6(9(13,14)15)8(12)5(3)10(16,17)18/h1-2H3. The minimum Gasteiger partial charge on any atom is -0.206 e. The van der Waals surface area contributed by atoms with Crippen LogP contribution in [0.5, 0.6) is 0 Å². The van der Waals surface area contributed by atoms with Crippen molar-refractivity contribution in [3.05, 3.63) is 33.9 Å². The van der Waals surface area contributed by atoms with Crippen molar-refractivity contribution >= 4 is 22.6 Å². The maximum atomic E-state index is 13.5. The van der Waals surface area contributed by atoms with E-state index in [1.807, 2.05) is 0 Å². The molecule has 0 bridgehead atoms. The summed E-state index contributed by atoms with van der Waals surface area (Å²) in [5, 5.41) is 0. The maximum Gasteiger partial charge on any atom is 0.422 e. The van der Waals surface area contributed by atoms with Crippen LogP contribution in [0.25, 0.3) is 0 Å². The highest BCUT2D eigenvalue weighted by Gasteiger charge is 2.44. The molecule has 102 valence electrons. The lowest BCUT2D eigenvalue weighted by Crippen LogP contribution is -2.20. The largest absolute Gasteiger partial charge is 0.422 e. The van der Waals surface area contributed by atoms with Crippen molar-refractivity contribution in [3.8, 4) is 0 Å². The molecule has 0 aliphatic carbocycles. The molecule has 0 aliphatic heterocycles. The predicted octanol–water partition coefficient (Wildman–Crippen LogP) is 5.08. The summed E-state index contributed by atoms with van der Waals surface area (Å²) in [6.07, 6.45) is -5.37. The predicted molar refractivity (Wildman–Crippen MR) is 58.7 cm³/mol. The molecular formula is C10H6F7I. The van der Waals surface area contributed by atoms with Gasteiger partial charge in [-0.15, -0.1) is 0 Å². The van der Waals surface area contributed by atoms with E-state index in [1.165, 1.54) is 0 Å². The highest BCUT2D eigenvalue weighted by molar-refractivity contribution is 14.1. The zero-order valence-corrected chi connectivity index (χ0v) is 11.2. The lowest BCUT2D eigenvalue weighted by molar-refractivity contribution is -0.142. The first-order valence-electron chi connectivity index (χ1n) is 4.51. The highest BCUT2D eigenvalue weighted by atomic mass is 127. The molecule has 1 rings (SSSR count). The van der Waals surface area contributed by atoms with Gasteiger partial charge in [0.15, 0.2) is 0 Å². The second-order valence-electron chi connectivity index (χ2n) is 3.62. The second kappa shape index (κ2) is 4.53. The Morgan fingerprint density at radius 2 is 1.22 bits per heavy atom. The molecule has 0 heterocycles. The van der Waals surface area contributed by atoms with E-state index in [-0.39, 0.29) is 0 Å². The number of halogens is 8. The Morgan fingerprint density at radius 1 is 0.778 bits per heavy atom. The topological polar surface area (TPSA) is 0 Å². The molecule has 0 nitrogen and oxygen atoms in total. The summed E-state index contributed by atoms with van der Waals surface area (Å²) in [7, 11) is 0. The third-order valence-corrected chi connectivity index (χ3v) is 3.03. The Bertz CT molecular complexity index is 443. The molecule has 0 spiro atoms. The van der Waals surface area contributed by atoms with Gasteiger partial charge in [-0.05, 0) is 25.0 Å². The van der Waals surface area contributed by atoms with Crippen molar-refractivity contribution in [2.24, 2.45) is 0 Å². The van der Waals surface area contributed by atoms with Crippen LogP contribution in [0.1, 0.15) is 22.3 Å². The van der Waals surface area contributed by atoms with E-state index in [0.29, 0.717) is 22.6 Å². The average molecular weight is 386 g/mol. The summed E-state index contributed by atoms with van der Waals surface area (Å²) in [4.78, 5) is 0. The third-order valence-electron chi connectivity index (χ3n) is 2.49. The van der Waals surface area contributed by atoms with Crippen LogP contribution in [0.4, 0.5) is 30.7 Å². The molecule has 0 radical (unpaired) electrons. The zero-order valence-electron chi connectivity index (χ0n) is 9.02. The Morgan fingerprint density at radius 3 is 1.56 bits per heavy atom. The van der Waals surface area contributed by atoms with Crippen LogP contribution in [0.3, 0.4) is 0 Å². The van der Waals surface area contributed by atoms with Crippen molar-refractivity contribution in [1.82, 2.24) is 0 Å². The van der Waals surface area contributed by atoms with Crippen LogP contribution in [0.2, 0.25) is 0 Å². The fourth-order valence-electron chi connectivity index (χ4n) is 1.51. The molecule has 0 saturated heterocycles. The highest BCUT2D eigenvalue weighted by Crippen LogP contribution is 2.45. The fraction of sp³-hybridized carbons (Fsp3) is 0.400. The van der Waals surface area contributed by atoms with Crippen molar-refractivity contribution in [3.63, 3.8) is 0 Å². The summed E-state index contributed by atoms with van der Waals surface area (Å²) in [5.41, 5.74) is -4.89. The van der Waals surface area contributed by atoms with Gasteiger partial charge in [0.2, 0.25) is 0 Å². The molecule has 0 aromatic heterocycles. The molecule has 0 amide bonds. The van der Waals surface area contributed by atoms with Gasteiger partial charge in [-0.2, -0.15) is 22.0 Å². The van der Waals surface area contributed by atoms with Crippen LogP contribution < -0.4 is 0 Å². The van der Waals surface area contributed by atoms with Gasteiger partial charge in [0.25, 0.3) is 0 Å². The van der Waals surface area contributed by atoms with E-state index < -0.39 is 44.0 Å². The van der Waals surface area contributed by atoms with Crippen LogP contribution in [0, 0.1) is 25.5 Å². The van der Waals surface area contributed by atoms with Crippen LogP contribution in [-0.4, -0.2) is 0 Å². The lowest BCUT2D eigenvalue weighted by Gasteiger charge is -2.20. The zero-order chi connectivity index (χ0) is 14.5. The molecule has 1 aromatic carbocycles. The SMILES string of the molecule is Cc1c(C)c(C(F)(F)I)c(F)c(C(F)(F)F)c1F. The van der Waals surface area contributed by atoms with E-state index in [1.54, 1.807) is 0 Å². The third kappa shape index (κ3) is 2.57. The Labute approximate surface area is 111 Å². The molecule has 0 atom stereocenters. The van der Waals surface area contributed by atoms with E-state index in [2.05, 4.69) is 0 Å². The summed E-state index contributed by atoms with van der Waals surface area (Å²) in [5.74, 6) is -4.12. The fourth-order valence-corrected chi connectivity index (χ4v) is 2.15. The molecular weight excluding hydrogens is 380 g/mol. The van der Waals surface area contributed by atoms with Crippen molar-refractivity contribution in [2.75, 3.05) is 0 Å². The van der Waals surface area contributed by atoms with Gasteiger partial charge < -0.3 is 0 Å². The smallest absolute Gasteiger partial charge is 0.206 e. The summed E-state index contributed by atoms with van der Waals surface area (Å²) in [6.45, 7) is 1.84. The van der Waals surface area contributed by atoms with Gasteiger partial charge in [-0.3, -0.25) is 0 Å². The number of benzene rings is 1. The molecule has 1 aromatic rings. The number of hydrogen-bond donors (Lipinski definition) is 0. The monoisotopic (exact) mass is 386 g/mol. The van der Waals surface area contributed by atoms with Gasteiger partial charge in [0, 0.05) is 22.6 Å². The first-order valence-corrected chi connectivity index (χ1v) is 5.59. The first kappa shape index (κ1) is 15.5. The Balaban J connectivity index is 3.83. The van der Waals surface area contributed by atoms with Gasteiger partial charge in [-0.1, -0.05) is 0 Å². The van der Waals surface area contributed by atoms with Crippen molar-refractivity contribution < 1.29 is 30.7 Å². The van der Waals surface area contributed by atoms with Crippen molar-refractivity contribution in [2.45, 2.75) is 24.0 Å². The molecule has 0 aliphatic rings. The van der Waals surface area contributed by atoms with Gasteiger partial charge in [-0.25, -0.2) is 8.78 Å². The van der Waals surface area contributed by atoms with E-state index in [4.69, 9.17) is 0 Å². The molecule has 18 heavy (non-hydrogen) atoms. The molecule has 8 heteroatoms. The number of alkyl halides is 6. The Kier molecular flexibility index (Phi) is 3.91. The minimum atomic E-state index is -5.37. The van der Waals surface area contributed by atoms with Crippen LogP contribution >= 0.6 is 22.6 Å². The van der Waals surface area contributed by atoms with Crippen molar-refractivity contribution in [1.29, 1.82) is 0 Å². The molecule has 0 fully saturated rings. The van der Waals surface area contributed by atoms with Gasteiger partial charge in [0.1, 0.15) is 17.2 Å². The van der Waals surface area contributed by atoms with E-state index >= 15 is 0 Å². The van der Waals surface area contributed by atoms with Gasteiger partial charge >= 0.3 is 10.1 Å². The normalized spacial score (nSPS) is 13.0. The number of hydrogen-bond acceptors (Lipinski definition) is 0. The minimum absolute atomic E-state index is 0.504. The first-order chi connectivity index (χ1) is 7.89. The summed E-state index contributed by atoms with van der Waals surface area (Å²) < 4.78 is 86.7. The summed E-state index contributed by atoms with van der Waals surface area (Å²) in [6, 6.07) is 0. The second-order valence-corrected chi connectivity index (χ2v) is 4.98. The molecule has 0 unspecified atom stereocenters. The quantitative estimate of drug-likeness (QED) is 0.359. The molecule has 0 saturated carbocycles.